The van der Waals surface area contributed by atoms with Crippen LogP contribution in [0.15, 0.2) is 24.5 Å². The van der Waals surface area contributed by atoms with Gasteiger partial charge in [-0.05, 0) is 25.0 Å². The first-order valence-electron chi connectivity index (χ1n) is 7.96. The highest BCUT2D eigenvalue weighted by Crippen LogP contribution is 2.38. The summed E-state index contributed by atoms with van der Waals surface area (Å²) in [4.78, 5) is 12.5. The molecule has 0 saturated heterocycles. The molecule has 1 aliphatic rings. The quantitative estimate of drug-likeness (QED) is 0.881. The van der Waals surface area contributed by atoms with Gasteiger partial charge in [-0.1, -0.05) is 30.6 Å². The Balaban J connectivity index is 1.68. The number of amides is 1. The molecule has 3 rings (SSSR count). The monoisotopic (exact) mass is 334 g/mol. The minimum absolute atomic E-state index is 0.000664. The summed E-state index contributed by atoms with van der Waals surface area (Å²) in [6.45, 7) is 0.418. The molecule has 2 aromatic rings. The van der Waals surface area contributed by atoms with Crippen molar-refractivity contribution in [3.8, 4) is 0 Å². The SMILES string of the molecule is COCc1nnc(NC(=O)CC2(n3cccc3)CCCCC2)s1. The largest absolute Gasteiger partial charge is 0.377 e. The molecule has 124 valence electrons. The maximum Gasteiger partial charge on any atom is 0.228 e. The summed E-state index contributed by atoms with van der Waals surface area (Å²) < 4.78 is 7.24. The fourth-order valence-corrected chi connectivity index (χ4v) is 4.06. The van der Waals surface area contributed by atoms with Crippen LogP contribution in [0.25, 0.3) is 0 Å². The number of nitrogens with one attached hydrogen (secondary N) is 1. The van der Waals surface area contributed by atoms with Gasteiger partial charge in [-0.3, -0.25) is 4.79 Å². The second-order valence-electron chi connectivity index (χ2n) is 6.03. The van der Waals surface area contributed by atoms with E-state index >= 15 is 0 Å². The van der Waals surface area contributed by atoms with Crippen LogP contribution in [0.1, 0.15) is 43.5 Å². The van der Waals surface area contributed by atoms with Gasteiger partial charge in [0.25, 0.3) is 0 Å². The van der Waals surface area contributed by atoms with Crippen molar-refractivity contribution >= 4 is 22.4 Å². The lowest BCUT2D eigenvalue weighted by molar-refractivity contribution is -0.118. The summed E-state index contributed by atoms with van der Waals surface area (Å²) in [6, 6.07) is 4.05. The topological polar surface area (TPSA) is 69.0 Å². The summed E-state index contributed by atoms with van der Waals surface area (Å²) in [5.74, 6) is 0.000664. The fourth-order valence-electron chi connectivity index (χ4n) is 3.34. The van der Waals surface area contributed by atoms with Crippen LogP contribution < -0.4 is 5.32 Å². The molecule has 0 aliphatic heterocycles. The van der Waals surface area contributed by atoms with Gasteiger partial charge in [-0.25, -0.2) is 0 Å². The number of hydrogen-bond donors (Lipinski definition) is 1. The second-order valence-corrected chi connectivity index (χ2v) is 7.10. The predicted octanol–water partition coefficient (Wildman–Crippen LogP) is 3.17. The second kappa shape index (κ2) is 7.23. The van der Waals surface area contributed by atoms with E-state index in [1.807, 2.05) is 12.1 Å². The molecule has 2 heterocycles. The fraction of sp³-hybridized carbons (Fsp3) is 0.562. The minimum atomic E-state index is -0.105. The summed E-state index contributed by atoms with van der Waals surface area (Å²) in [6.07, 6.45) is 10.3. The summed E-state index contributed by atoms with van der Waals surface area (Å²) in [5, 5.41) is 12.2. The third kappa shape index (κ3) is 3.79. The van der Waals surface area contributed by atoms with Crippen molar-refractivity contribution in [1.29, 1.82) is 0 Å². The molecule has 1 fully saturated rings. The molecule has 0 bridgehead atoms. The van der Waals surface area contributed by atoms with Crippen LogP contribution in [0, 0.1) is 0 Å². The van der Waals surface area contributed by atoms with Gasteiger partial charge in [-0.2, -0.15) is 0 Å². The highest BCUT2D eigenvalue weighted by molar-refractivity contribution is 7.15. The van der Waals surface area contributed by atoms with Gasteiger partial charge in [0, 0.05) is 19.5 Å². The van der Waals surface area contributed by atoms with Gasteiger partial charge < -0.3 is 14.6 Å². The molecule has 1 amide bonds. The number of anilines is 1. The third-order valence-electron chi connectivity index (χ3n) is 4.41. The standard InChI is InChI=1S/C16H22N4O2S/c1-22-12-14-18-19-15(23-14)17-13(21)11-16(7-3-2-4-8-16)20-9-5-6-10-20/h5-6,9-10H,2-4,7-8,11-12H2,1H3,(H,17,19,21). The number of hydrogen-bond acceptors (Lipinski definition) is 5. The van der Waals surface area contributed by atoms with E-state index in [1.165, 1.54) is 30.6 Å². The van der Waals surface area contributed by atoms with Crippen molar-refractivity contribution in [2.75, 3.05) is 12.4 Å². The molecule has 1 saturated carbocycles. The van der Waals surface area contributed by atoms with Crippen molar-refractivity contribution in [2.24, 2.45) is 0 Å². The molecule has 0 radical (unpaired) electrons. The smallest absolute Gasteiger partial charge is 0.228 e. The normalized spacial score (nSPS) is 17.1. The Morgan fingerprint density at radius 2 is 2.04 bits per heavy atom. The molecule has 23 heavy (non-hydrogen) atoms. The highest BCUT2D eigenvalue weighted by Gasteiger charge is 2.35. The van der Waals surface area contributed by atoms with Crippen molar-refractivity contribution in [1.82, 2.24) is 14.8 Å². The molecule has 0 atom stereocenters. The molecule has 2 aromatic heterocycles. The molecule has 0 unspecified atom stereocenters. The summed E-state index contributed by atoms with van der Waals surface area (Å²) in [7, 11) is 1.61. The van der Waals surface area contributed by atoms with Crippen LogP contribution in [0.2, 0.25) is 0 Å². The van der Waals surface area contributed by atoms with E-state index in [0.717, 1.165) is 17.8 Å². The molecule has 7 heteroatoms. The van der Waals surface area contributed by atoms with Gasteiger partial charge in [0.1, 0.15) is 11.6 Å². The van der Waals surface area contributed by atoms with E-state index in [4.69, 9.17) is 4.74 Å². The lowest BCUT2D eigenvalue weighted by Gasteiger charge is -2.38. The van der Waals surface area contributed by atoms with E-state index in [9.17, 15) is 4.79 Å². The number of methoxy groups -OCH3 is 1. The number of ether oxygens (including phenoxy) is 1. The maximum atomic E-state index is 12.5. The van der Waals surface area contributed by atoms with E-state index in [-0.39, 0.29) is 11.4 Å². The van der Waals surface area contributed by atoms with Crippen molar-refractivity contribution in [2.45, 2.75) is 50.7 Å². The van der Waals surface area contributed by atoms with E-state index in [2.05, 4.69) is 32.5 Å². The number of aromatic nitrogens is 3. The van der Waals surface area contributed by atoms with E-state index in [1.54, 1.807) is 7.11 Å². The van der Waals surface area contributed by atoms with Crippen LogP contribution >= 0.6 is 11.3 Å². The number of rotatable bonds is 6. The van der Waals surface area contributed by atoms with Gasteiger partial charge >= 0.3 is 0 Å². The first-order chi connectivity index (χ1) is 11.2. The van der Waals surface area contributed by atoms with Crippen LogP contribution in [0.5, 0.6) is 0 Å². The summed E-state index contributed by atoms with van der Waals surface area (Å²) in [5.41, 5.74) is -0.105. The van der Waals surface area contributed by atoms with Gasteiger partial charge in [-0.15, -0.1) is 10.2 Å². The van der Waals surface area contributed by atoms with Crippen molar-refractivity contribution in [3.05, 3.63) is 29.5 Å². The first kappa shape index (κ1) is 16.1. The van der Waals surface area contributed by atoms with Gasteiger partial charge in [0.05, 0.1) is 12.0 Å². The number of carbonyl (C=O) groups is 1. The molecule has 1 N–H and O–H groups in total. The summed E-state index contributed by atoms with van der Waals surface area (Å²) >= 11 is 1.36. The molecule has 6 nitrogen and oxygen atoms in total. The van der Waals surface area contributed by atoms with Gasteiger partial charge in [0.15, 0.2) is 0 Å². The van der Waals surface area contributed by atoms with Crippen LogP contribution in [-0.4, -0.2) is 27.8 Å². The third-order valence-corrected chi connectivity index (χ3v) is 5.22. The van der Waals surface area contributed by atoms with Crippen LogP contribution in [0.4, 0.5) is 5.13 Å². The average molecular weight is 334 g/mol. The van der Waals surface area contributed by atoms with Crippen LogP contribution in [-0.2, 0) is 21.7 Å². The Labute approximate surface area is 139 Å². The number of nitrogens with zero attached hydrogens (tertiary/aromatic N) is 3. The zero-order valence-electron chi connectivity index (χ0n) is 13.3. The predicted molar refractivity (Wildman–Crippen MR) is 89.4 cm³/mol. The Hall–Kier alpha value is -1.73. The highest BCUT2D eigenvalue weighted by atomic mass is 32.1. The first-order valence-corrected chi connectivity index (χ1v) is 8.78. The lowest BCUT2D eigenvalue weighted by Crippen LogP contribution is -2.38. The molecule has 0 aromatic carbocycles. The Morgan fingerprint density at radius 3 is 2.74 bits per heavy atom. The lowest BCUT2D eigenvalue weighted by atomic mass is 9.79. The van der Waals surface area contributed by atoms with Crippen molar-refractivity contribution < 1.29 is 9.53 Å². The zero-order chi connectivity index (χ0) is 16.1. The number of carbonyl (C=O) groups excluding carboxylic acids is 1. The Bertz CT molecular complexity index is 632. The Morgan fingerprint density at radius 1 is 1.30 bits per heavy atom. The van der Waals surface area contributed by atoms with Gasteiger partial charge in [0.2, 0.25) is 11.0 Å². The minimum Gasteiger partial charge on any atom is -0.377 e. The van der Waals surface area contributed by atoms with E-state index < -0.39 is 0 Å². The Kier molecular flexibility index (Phi) is 5.07. The zero-order valence-corrected chi connectivity index (χ0v) is 14.1. The molecule has 1 aliphatic carbocycles. The molecular weight excluding hydrogens is 312 g/mol. The van der Waals surface area contributed by atoms with Crippen LogP contribution in [0.3, 0.4) is 0 Å². The van der Waals surface area contributed by atoms with E-state index in [0.29, 0.717) is 18.2 Å². The molecular formula is C16H22N4O2S. The maximum absolute atomic E-state index is 12.5. The average Bonchev–Trinajstić information content (AvgIpc) is 3.21. The van der Waals surface area contributed by atoms with Crippen molar-refractivity contribution in [3.63, 3.8) is 0 Å². The molecule has 0 spiro atoms.